The molecule has 0 atom stereocenters. The molecule has 0 fully saturated rings. The predicted molar refractivity (Wildman–Crippen MR) is 206 cm³/mol. The second-order valence-electron chi connectivity index (χ2n) is 14.9. The van der Waals surface area contributed by atoms with Crippen LogP contribution < -0.4 is 15.3 Å². The Hall–Kier alpha value is -3.51. The Bertz CT molecular complexity index is 2010. The molecule has 0 unspecified atom stereocenters. The van der Waals surface area contributed by atoms with E-state index in [9.17, 15) is 0 Å². The van der Waals surface area contributed by atoms with Gasteiger partial charge in [0.15, 0.2) is 0 Å². The van der Waals surface area contributed by atoms with Crippen LogP contribution in [-0.2, 0) is 31.9 Å². The first-order valence-electron chi connectivity index (χ1n) is 17.0. The van der Waals surface area contributed by atoms with E-state index in [1.165, 1.54) is 16.1 Å². The van der Waals surface area contributed by atoms with Crippen molar-refractivity contribution in [3.63, 3.8) is 0 Å². The minimum atomic E-state index is -2.32. The third-order valence-electron chi connectivity index (χ3n) is 8.67. The fraction of sp³-hybridized carbons (Fsp3) is 0.244. The number of hydrogen-bond acceptors (Lipinski definition) is 3. The van der Waals surface area contributed by atoms with Crippen molar-refractivity contribution >= 4 is 30.7 Å². The van der Waals surface area contributed by atoms with Crippen LogP contribution in [-0.4, -0.2) is 30.2 Å². The van der Waals surface area contributed by atoms with E-state index in [0.29, 0.717) is 17.4 Å². The summed E-state index contributed by atoms with van der Waals surface area (Å²) in [6.45, 7) is 17.8. The molecule has 0 spiro atoms. The van der Waals surface area contributed by atoms with Crippen LogP contribution in [0.3, 0.4) is 0 Å². The fourth-order valence-corrected chi connectivity index (χ4v) is 12.3. The Kier molecular flexibility index (Phi) is 11.9. The van der Waals surface area contributed by atoms with Gasteiger partial charge in [0.2, 0.25) is 0 Å². The smallest absolute Gasteiger partial charge is 2.00 e. The molecule has 0 amide bonds. The molecule has 6 aromatic rings. The molecule has 256 valence electrons. The summed E-state index contributed by atoms with van der Waals surface area (Å²) in [6, 6.07) is 46.4. The molecule has 3 nitrogen and oxygen atoms in total. The second-order valence-corrected chi connectivity index (χ2v) is 21.3. The zero-order valence-corrected chi connectivity index (χ0v) is 35.0. The van der Waals surface area contributed by atoms with Crippen molar-refractivity contribution in [2.45, 2.75) is 72.1 Å². The number of rotatable bonds is 8. The average Bonchev–Trinajstić information content (AvgIpc) is 3.08. The van der Waals surface area contributed by atoms with Crippen LogP contribution in [0.25, 0.3) is 22.5 Å². The van der Waals surface area contributed by atoms with Gasteiger partial charge < -0.3 is 0 Å². The SMILES string of the molecule is CC(C)c1ccnc(-c2[c-]c(Oc3[c-]c(-c4c[c]([Sb]([c]5ccccc5)[c]5ccccc5)ccn4)cc(C(C)(C)C)c3)cc(C(C)(C)C)c2)c1.[Pt+2]. The normalized spacial score (nSPS) is 11.8. The Morgan fingerprint density at radius 1 is 0.560 bits per heavy atom. The number of ether oxygens (including phenoxy) is 1. The van der Waals surface area contributed by atoms with Crippen molar-refractivity contribution in [1.29, 1.82) is 0 Å². The van der Waals surface area contributed by atoms with Crippen LogP contribution in [0, 0.1) is 12.1 Å². The van der Waals surface area contributed by atoms with E-state index in [2.05, 4.69) is 177 Å². The van der Waals surface area contributed by atoms with Crippen molar-refractivity contribution in [1.82, 2.24) is 9.97 Å². The monoisotopic (exact) mass is 945 g/mol. The van der Waals surface area contributed by atoms with Crippen LogP contribution in [0.2, 0.25) is 0 Å². The van der Waals surface area contributed by atoms with E-state index in [1.807, 2.05) is 12.4 Å². The predicted octanol–water partition coefficient (Wildman–Crippen LogP) is 9.44. The van der Waals surface area contributed by atoms with E-state index in [-0.39, 0.29) is 31.9 Å². The quantitative estimate of drug-likeness (QED) is 0.113. The van der Waals surface area contributed by atoms with Crippen molar-refractivity contribution in [2.75, 3.05) is 0 Å². The molecule has 0 bridgehead atoms. The second kappa shape index (κ2) is 15.8. The first-order chi connectivity index (χ1) is 23.3. The zero-order valence-electron chi connectivity index (χ0n) is 30.2. The average molecular weight is 947 g/mol. The maximum absolute atomic E-state index is 6.71. The maximum atomic E-state index is 6.71. The molecular weight excluding hydrogens is 901 g/mol. The van der Waals surface area contributed by atoms with E-state index in [1.54, 1.807) is 0 Å². The third kappa shape index (κ3) is 9.04. The first-order valence-corrected chi connectivity index (χ1v) is 20.8. The standard InChI is InChI=1S/C33H35N2O.2C6H5.Pt.Sb/c1-22(2)23-12-14-35-31(19-23)25-16-27(33(6,7)8)21-29(18-25)36-28-17-24(30-11-9-10-13-34-30)15-26(20-28)32(3,4)5;2*1-2-4-6-5-3-1;;/h10-16,19-22H,1-8H3;2*1-5H;;/q-2;;;+2;. The molecular formula is C45H45N2OPtSb. The fourth-order valence-electron chi connectivity index (χ4n) is 5.72. The first kappa shape index (κ1) is 37.7. The molecule has 50 heavy (non-hydrogen) atoms. The van der Waals surface area contributed by atoms with E-state index < -0.39 is 20.2 Å². The van der Waals surface area contributed by atoms with Gasteiger partial charge in [0, 0.05) is 6.20 Å². The Labute approximate surface area is 320 Å². The van der Waals surface area contributed by atoms with Crippen molar-refractivity contribution < 1.29 is 25.8 Å². The van der Waals surface area contributed by atoms with Gasteiger partial charge in [-0.15, -0.1) is 0 Å². The van der Waals surface area contributed by atoms with Gasteiger partial charge in [0.05, 0.1) is 0 Å². The minimum Gasteiger partial charge on any atom is 2.00 e. The molecule has 0 saturated carbocycles. The number of nitrogens with zero attached hydrogens (tertiary/aromatic N) is 2. The zero-order chi connectivity index (χ0) is 34.8. The molecule has 0 aliphatic heterocycles. The summed E-state index contributed by atoms with van der Waals surface area (Å²) >= 11 is -2.32. The third-order valence-corrected chi connectivity index (χ3v) is 15.6. The van der Waals surface area contributed by atoms with Crippen LogP contribution in [0.1, 0.15) is 78.0 Å². The van der Waals surface area contributed by atoms with Gasteiger partial charge in [-0.2, -0.15) is 0 Å². The molecule has 0 aliphatic rings. The molecule has 2 heterocycles. The summed E-state index contributed by atoms with van der Waals surface area (Å²) in [7, 11) is 0. The molecule has 6 rings (SSSR count). The van der Waals surface area contributed by atoms with Crippen molar-refractivity contribution in [2.24, 2.45) is 0 Å². The summed E-state index contributed by atoms with van der Waals surface area (Å²) in [6.07, 6.45) is 3.84. The number of hydrogen-bond donors (Lipinski definition) is 0. The van der Waals surface area contributed by atoms with Crippen LogP contribution in [0.15, 0.2) is 122 Å². The molecule has 0 radical (unpaired) electrons. The van der Waals surface area contributed by atoms with Gasteiger partial charge in [0.1, 0.15) is 0 Å². The molecule has 0 N–H and O–H groups in total. The van der Waals surface area contributed by atoms with Gasteiger partial charge in [0.25, 0.3) is 0 Å². The van der Waals surface area contributed by atoms with E-state index >= 15 is 0 Å². The molecule has 5 heteroatoms. The number of aromatic nitrogens is 2. The van der Waals surface area contributed by atoms with Gasteiger partial charge in [-0.1, -0.05) is 19.4 Å². The molecule has 0 aliphatic carbocycles. The number of pyridine rings is 2. The van der Waals surface area contributed by atoms with Gasteiger partial charge in [-0.3, -0.25) is 0 Å². The van der Waals surface area contributed by atoms with Gasteiger partial charge in [-0.25, -0.2) is 0 Å². The van der Waals surface area contributed by atoms with Gasteiger partial charge >= 0.3 is 285 Å². The molecule has 0 saturated heterocycles. The Morgan fingerprint density at radius 2 is 1.02 bits per heavy atom. The Morgan fingerprint density at radius 3 is 1.48 bits per heavy atom. The minimum absolute atomic E-state index is 0. The number of benzene rings is 4. The summed E-state index contributed by atoms with van der Waals surface area (Å²) in [4.78, 5) is 9.63. The molecule has 2 aromatic heterocycles. The molecule has 4 aromatic carbocycles. The van der Waals surface area contributed by atoms with Gasteiger partial charge in [-0.05, 0) is 12.0 Å². The van der Waals surface area contributed by atoms with E-state index in [0.717, 1.165) is 33.6 Å². The van der Waals surface area contributed by atoms with Crippen LogP contribution in [0.4, 0.5) is 0 Å². The van der Waals surface area contributed by atoms with Crippen molar-refractivity contribution in [3.05, 3.63) is 150 Å². The summed E-state index contributed by atoms with van der Waals surface area (Å²) in [5, 5.41) is 0. The summed E-state index contributed by atoms with van der Waals surface area (Å²) in [5.41, 5.74) is 7.00. The van der Waals surface area contributed by atoms with Crippen LogP contribution in [0.5, 0.6) is 11.5 Å². The summed E-state index contributed by atoms with van der Waals surface area (Å²) in [5.74, 6) is 1.70. The van der Waals surface area contributed by atoms with Crippen molar-refractivity contribution in [3.8, 4) is 34.0 Å². The summed E-state index contributed by atoms with van der Waals surface area (Å²) < 4.78 is 10.9. The Balaban J connectivity index is 0.00000486. The topological polar surface area (TPSA) is 35.0 Å². The van der Waals surface area contributed by atoms with Crippen LogP contribution >= 0.6 is 0 Å². The van der Waals surface area contributed by atoms with E-state index in [4.69, 9.17) is 14.7 Å².